The lowest BCUT2D eigenvalue weighted by molar-refractivity contribution is 0.218. The molecule has 6 nitrogen and oxygen atoms in total. The van der Waals surface area contributed by atoms with Gasteiger partial charge in [-0.05, 0) is 24.6 Å². The van der Waals surface area contributed by atoms with Crippen molar-refractivity contribution in [2.45, 2.75) is 13.3 Å². The number of amides is 2. The van der Waals surface area contributed by atoms with Crippen LogP contribution in [0.25, 0.3) is 0 Å². The Morgan fingerprint density at radius 2 is 2.15 bits per heavy atom. The van der Waals surface area contributed by atoms with E-state index in [9.17, 15) is 4.79 Å². The van der Waals surface area contributed by atoms with Gasteiger partial charge < -0.3 is 21.2 Å². The van der Waals surface area contributed by atoms with E-state index in [1.54, 1.807) is 18.2 Å². The van der Waals surface area contributed by atoms with Crippen molar-refractivity contribution < 1.29 is 10.0 Å². The number of benzene rings is 1. The van der Waals surface area contributed by atoms with Crippen LogP contribution in [0.3, 0.4) is 0 Å². The Bertz CT molecular complexity index is 508. The van der Waals surface area contributed by atoms with Gasteiger partial charge in [-0.2, -0.15) is 0 Å². The molecule has 0 fully saturated rings. The fraction of sp³-hybridized carbons (Fsp3) is 0.333. The number of carbonyl (C=O) groups excluding carboxylic acids is 1. The molecule has 1 rings (SSSR count). The Balaban J connectivity index is 2.76. The molecular formula is C12H16Cl2N4O2. The summed E-state index contributed by atoms with van der Waals surface area (Å²) in [5.41, 5.74) is 5.94. The molecule has 0 bridgehead atoms. The molecule has 0 saturated carbocycles. The molecule has 0 heterocycles. The standard InChI is InChI=1S/C12H16Cl2N4O2/c1-2-5-18(7-11(15)17-20)12(19)16-8-3-4-9(13)10(14)6-8/h3-4,6,20H,2,5,7H2,1H3,(H2,15,17)(H,16,19). The van der Waals surface area contributed by atoms with Crippen molar-refractivity contribution in [2.24, 2.45) is 10.9 Å². The summed E-state index contributed by atoms with van der Waals surface area (Å²) in [5, 5.41) is 14.9. The highest BCUT2D eigenvalue weighted by Gasteiger charge is 2.14. The number of rotatable bonds is 5. The first-order valence-corrected chi connectivity index (χ1v) is 6.71. The zero-order valence-corrected chi connectivity index (χ0v) is 12.4. The van der Waals surface area contributed by atoms with Gasteiger partial charge in [0, 0.05) is 12.2 Å². The summed E-state index contributed by atoms with van der Waals surface area (Å²) in [7, 11) is 0. The average Bonchev–Trinajstić information content (AvgIpc) is 2.42. The number of anilines is 1. The smallest absolute Gasteiger partial charge is 0.322 e. The second-order valence-electron chi connectivity index (χ2n) is 4.07. The van der Waals surface area contributed by atoms with Crippen molar-refractivity contribution >= 4 is 40.8 Å². The molecule has 0 radical (unpaired) electrons. The number of nitrogens with two attached hydrogens (primary N) is 1. The van der Waals surface area contributed by atoms with E-state index >= 15 is 0 Å². The summed E-state index contributed by atoms with van der Waals surface area (Å²) in [6.45, 7) is 2.44. The van der Waals surface area contributed by atoms with Crippen molar-refractivity contribution in [3.8, 4) is 0 Å². The first kappa shape index (κ1) is 16.4. The maximum Gasteiger partial charge on any atom is 0.322 e. The first-order chi connectivity index (χ1) is 9.47. The van der Waals surface area contributed by atoms with E-state index in [0.717, 1.165) is 6.42 Å². The van der Waals surface area contributed by atoms with Gasteiger partial charge in [0.2, 0.25) is 0 Å². The number of urea groups is 1. The summed E-state index contributed by atoms with van der Waals surface area (Å²) in [4.78, 5) is 13.5. The number of halogens is 2. The number of hydrogen-bond donors (Lipinski definition) is 3. The molecule has 0 aliphatic carbocycles. The number of hydrogen-bond acceptors (Lipinski definition) is 3. The van der Waals surface area contributed by atoms with Gasteiger partial charge in [-0.25, -0.2) is 4.79 Å². The molecule has 8 heteroatoms. The monoisotopic (exact) mass is 318 g/mol. The fourth-order valence-electron chi connectivity index (χ4n) is 1.53. The van der Waals surface area contributed by atoms with Crippen molar-refractivity contribution in [2.75, 3.05) is 18.4 Å². The van der Waals surface area contributed by atoms with Crippen LogP contribution in [0.5, 0.6) is 0 Å². The van der Waals surface area contributed by atoms with Gasteiger partial charge in [-0.3, -0.25) is 0 Å². The molecule has 20 heavy (non-hydrogen) atoms. The SMILES string of the molecule is CCCN(CC(N)=NO)C(=O)Nc1ccc(Cl)c(Cl)c1. The van der Waals surface area contributed by atoms with Crippen LogP contribution in [0.2, 0.25) is 10.0 Å². The van der Waals surface area contributed by atoms with E-state index < -0.39 is 0 Å². The Kier molecular flexibility index (Phi) is 6.41. The Hall–Kier alpha value is -1.66. The Morgan fingerprint density at radius 1 is 1.45 bits per heavy atom. The third-order valence-electron chi connectivity index (χ3n) is 2.43. The summed E-state index contributed by atoms with van der Waals surface area (Å²) in [6.07, 6.45) is 0.744. The Morgan fingerprint density at radius 3 is 2.70 bits per heavy atom. The minimum Gasteiger partial charge on any atom is -0.409 e. The summed E-state index contributed by atoms with van der Waals surface area (Å²) >= 11 is 11.7. The number of nitrogens with one attached hydrogen (secondary N) is 1. The van der Waals surface area contributed by atoms with Crippen molar-refractivity contribution in [1.29, 1.82) is 0 Å². The van der Waals surface area contributed by atoms with E-state index in [1.165, 1.54) is 4.90 Å². The van der Waals surface area contributed by atoms with E-state index in [-0.39, 0.29) is 18.4 Å². The molecule has 4 N–H and O–H groups in total. The average molecular weight is 319 g/mol. The summed E-state index contributed by atoms with van der Waals surface area (Å²) < 4.78 is 0. The number of oxime groups is 1. The molecule has 0 aliphatic rings. The van der Waals surface area contributed by atoms with Crippen LogP contribution in [0.1, 0.15) is 13.3 Å². The van der Waals surface area contributed by atoms with E-state index in [0.29, 0.717) is 22.3 Å². The molecule has 0 atom stereocenters. The van der Waals surface area contributed by atoms with Gasteiger partial charge in [-0.15, -0.1) is 0 Å². The largest absolute Gasteiger partial charge is 0.409 e. The second kappa shape index (κ2) is 7.81. The molecule has 0 unspecified atom stereocenters. The molecule has 1 aromatic rings. The normalized spacial score (nSPS) is 11.2. The fourth-order valence-corrected chi connectivity index (χ4v) is 1.82. The van der Waals surface area contributed by atoms with Gasteiger partial charge in [0.1, 0.15) is 0 Å². The van der Waals surface area contributed by atoms with E-state index in [4.69, 9.17) is 34.1 Å². The van der Waals surface area contributed by atoms with Crippen molar-refractivity contribution in [1.82, 2.24) is 4.90 Å². The topological polar surface area (TPSA) is 90.9 Å². The lowest BCUT2D eigenvalue weighted by Crippen LogP contribution is -2.41. The number of carbonyl (C=O) groups is 1. The van der Waals surface area contributed by atoms with E-state index in [2.05, 4.69) is 10.5 Å². The van der Waals surface area contributed by atoms with Crippen LogP contribution >= 0.6 is 23.2 Å². The minimum absolute atomic E-state index is 0.0391. The van der Waals surface area contributed by atoms with Crippen molar-refractivity contribution in [3.05, 3.63) is 28.2 Å². The molecule has 0 aromatic heterocycles. The van der Waals surface area contributed by atoms with Crippen LogP contribution in [0.15, 0.2) is 23.4 Å². The predicted molar refractivity (Wildman–Crippen MR) is 80.8 cm³/mol. The second-order valence-corrected chi connectivity index (χ2v) is 4.89. The maximum absolute atomic E-state index is 12.1. The van der Waals surface area contributed by atoms with Gasteiger partial charge in [0.25, 0.3) is 0 Å². The zero-order chi connectivity index (χ0) is 15.1. The molecular weight excluding hydrogens is 303 g/mol. The van der Waals surface area contributed by atoms with Crippen LogP contribution in [0.4, 0.5) is 10.5 Å². The van der Waals surface area contributed by atoms with E-state index in [1.807, 2.05) is 6.92 Å². The summed E-state index contributed by atoms with van der Waals surface area (Å²) in [5.74, 6) is -0.0391. The Labute approximate surface area is 127 Å². The molecule has 110 valence electrons. The lowest BCUT2D eigenvalue weighted by atomic mass is 10.3. The highest BCUT2D eigenvalue weighted by atomic mass is 35.5. The van der Waals surface area contributed by atoms with Crippen LogP contribution in [0, 0.1) is 0 Å². The third kappa shape index (κ3) is 4.79. The molecule has 0 spiro atoms. The predicted octanol–water partition coefficient (Wildman–Crippen LogP) is 2.98. The highest BCUT2D eigenvalue weighted by molar-refractivity contribution is 6.42. The quantitative estimate of drug-likeness (QED) is 0.337. The molecule has 0 aliphatic heterocycles. The van der Waals surface area contributed by atoms with Gasteiger partial charge in [-0.1, -0.05) is 35.3 Å². The zero-order valence-electron chi connectivity index (χ0n) is 10.9. The third-order valence-corrected chi connectivity index (χ3v) is 3.17. The van der Waals surface area contributed by atoms with Crippen LogP contribution in [-0.2, 0) is 0 Å². The van der Waals surface area contributed by atoms with Crippen LogP contribution in [-0.4, -0.2) is 35.1 Å². The number of nitrogens with zero attached hydrogens (tertiary/aromatic N) is 2. The van der Waals surface area contributed by atoms with Gasteiger partial charge >= 0.3 is 6.03 Å². The minimum atomic E-state index is -0.364. The molecule has 1 aromatic carbocycles. The highest BCUT2D eigenvalue weighted by Crippen LogP contribution is 2.25. The summed E-state index contributed by atoms with van der Waals surface area (Å²) in [6, 6.07) is 4.42. The molecule has 2 amide bonds. The lowest BCUT2D eigenvalue weighted by Gasteiger charge is -2.21. The first-order valence-electron chi connectivity index (χ1n) is 5.95. The van der Waals surface area contributed by atoms with Crippen molar-refractivity contribution in [3.63, 3.8) is 0 Å². The van der Waals surface area contributed by atoms with Gasteiger partial charge in [0.05, 0.1) is 16.6 Å². The van der Waals surface area contributed by atoms with Crippen LogP contribution < -0.4 is 11.1 Å². The van der Waals surface area contributed by atoms with Gasteiger partial charge in [0.15, 0.2) is 5.84 Å². The maximum atomic E-state index is 12.1. The number of amidine groups is 1. The molecule has 0 saturated heterocycles.